The van der Waals surface area contributed by atoms with Crippen LogP contribution in [0.15, 0.2) is 36.4 Å². The zero-order valence-electron chi connectivity index (χ0n) is 12.2. The van der Waals surface area contributed by atoms with Gasteiger partial charge in [-0.3, -0.25) is 0 Å². The molecule has 0 saturated carbocycles. The summed E-state index contributed by atoms with van der Waals surface area (Å²) >= 11 is 5.93. The summed E-state index contributed by atoms with van der Waals surface area (Å²) in [5, 5.41) is 3.90. The molecule has 0 aliphatic heterocycles. The first kappa shape index (κ1) is 15.8. The predicted octanol–water partition coefficient (Wildman–Crippen LogP) is 5.08. The molecule has 2 nitrogen and oxygen atoms in total. The van der Waals surface area contributed by atoms with E-state index in [0.717, 1.165) is 24.1 Å². The number of hydrogen-bond acceptors (Lipinski definition) is 2. The Labute approximate surface area is 129 Å². The Bertz CT molecular complexity index is 616. The smallest absolute Gasteiger partial charge is 0.167 e. The van der Waals surface area contributed by atoms with E-state index in [9.17, 15) is 4.39 Å². The summed E-state index contributed by atoms with van der Waals surface area (Å²) in [6.45, 7) is 5.44. The fraction of sp³-hybridized carbons (Fsp3) is 0.294. The van der Waals surface area contributed by atoms with Crippen LogP contribution in [-0.4, -0.2) is 6.54 Å². The summed E-state index contributed by atoms with van der Waals surface area (Å²) in [5.74, 6) is 0.521. The number of benzene rings is 2. The van der Waals surface area contributed by atoms with Gasteiger partial charge in [-0.05, 0) is 49.7 Å². The van der Waals surface area contributed by atoms with Crippen molar-refractivity contribution in [3.8, 4) is 11.5 Å². The lowest BCUT2D eigenvalue weighted by atomic mass is 10.1. The zero-order chi connectivity index (χ0) is 15.2. The van der Waals surface area contributed by atoms with Gasteiger partial charge in [0.1, 0.15) is 5.75 Å². The van der Waals surface area contributed by atoms with E-state index >= 15 is 0 Å². The van der Waals surface area contributed by atoms with Crippen LogP contribution in [0.2, 0.25) is 5.02 Å². The van der Waals surface area contributed by atoms with Crippen LogP contribution in [0, 0.1) is 12.7 Å². The molecule has 2 aromatic rings. The van der Waals surface area contributed by atoms with Gasteiger partial charge in [-0.2, -0.15) is 0 Å². The van der Waals surface area contributed by atoms with Gasteiger partial charge in [0.15, 0.2) is 11.6 Å². The van der Waals surface area contributed by atoms with Crippen LogP contribution in [-0.2, 0) is 6.54 Å². The molecule has 4 heteroatoms. The molecule has 0 saturated heterocycles. The monoisotopic (exact) mass is 307 g/mol. The molecule has 0 spiro atoms. The fourth-order valence-electron chi connectivity index (χ4n) is 2.04. The number of halogens is 2. The van der Waals surface area contributed by atoms with Gasteiger partial charge in [0.25, 0.3) is 0 Å². The van der Waals surface area contributed by atoms with Gasteiger partial charge >= 0.3 is 0 Å². The van der Waals surface area contributed by atoms with Gasteiger partial charge in [0, 0.05) is 17.1 Å². The van der Waals surface area contributed by atoms with Crippen LogP contribution in [0.25, 0.3) is 0 Å². The maximum absolute atomic E-state index is 14.1. The SMILES string of the molecule is CCCNCc1cccc(F)c1Oc1ccc(Cl)cc1C. The van der Waals surface area contributed by atoms with Gasteiger partial charge < -0.3 is 10.1 Å². The third-order valence-electron chi connectivity index (χ3n) is 3.14. The Hall–Kier alpha value is -1.58. The van der Waals surface area contributed by atoms with Crippen molar-refractivity contribution in [2.75, 3.05) is 6.54 Å². The molecular weight excluding hydrogens is 289 g/mol. The molecule has 112 valence electrons. The number of nitrogens with one attached hydrogen (secondary N) is 1. The number of aryl methyl sites for hydroxylation is 1. The highest BCUT2D eigenvalue weighted by Gasteiger charge is 2.12. The minimum Gasteiger partial charge on any atom is -0.454 e. The minimum atomic E-state index is -0.361. The molecule has 21 heavy (non-hydrogen) atoms. The van der Waals surface area contributed by atoms with E-state index in [4.69, 9.17) is 16.3 Å². The summed E-state index contributed by atoms with van der Waals surface area (Å²) in [5.41, 5.74) is 1.68. The fourth-order valence-corrected chi connectivity index (χ4v) is 2.27. The highest BCUT2D eigenvalue weighted by Crippen LogP contribution is 2.31. The first-order chi connectivity index (χ1) is 10.1. The molecule has 2 aromatic carbocycles. The van der Waals surface area contributed by atoms with E-state index in [1.807, 2.05) is 13.0 Å². The van der Waals surface area contributed by atoms with E-state index in [1.165, 1.54) is 6.07 Å². The Morgan fingerprint density at radius 2 is 2.05 bits per heavy atom. The van der Waals surface area contributed by atoms with Crippen molar-refractivity contribution in [1.82, 2.24) is 5.32 Å². The third-order valence-corrected chi connectivity index (χ3v) is 3.37. The molecule has 0 atom stereocenters. The standard InChI is InChI=1S/C17H19ClFNO/c1-3-9-20-11-13-5-4-6-15(19)17(13)21-16-8-7-14(18)10-12(16)2/h4-8,10,20H,3,9,11H2,1-2H3. The number of rotatable bonds is 6. The lowest BCUT2D eigenvalue weighted by molar-refractivity contribution is 0.431. The van der Waals surface area contributed by atoms with Crippen molar-refractivity contribution in [2.45, 2.75) is 26.8 Å². The number of para-hydroxylation sites is 1. The Morgan fingerprint density at radius 1 is 1.24 bits per heavy atom. The predicted molar refractivity (Wildman–Crippen MR) is 84.7 cm³/mol. The first-order valence-corrected chi connectivity index (χ1v) is 7.41. The highest BCUT2D eigenvalue weighted by molar-refractivity contribution is 6.30. The molecular formula is C17H19ClFNO. The van der Waals surface area contributed by atoms with Crippen molar-refractivity contribution < 1.29 is 9.13 Å². The first-order valence-electron chi connectivity index (χ1n) is 7.04. The molecule has 0 bridgehead atoms. The van der Waals surface area contributed by atoms with E-state index in [0.29, 0.717) is 17.3 Å². The molecule has 0 aliphatic carbocycles. The van der Waals surface area contributed by atoms with E-state index in [-0.39, 0.29) is 11.6 Å². The van der Waals surface area contributed by atoms with Gasteiger partial charge in [0.2, 0.25) is 0 Å². The van der Waals surface area contributed by atoms with Crippen molar-refractivity contribution in [3.05, 3.63) is 58.4 Å². The average Bonchev–Trinajstić information content (AvgIpc) is 2.45. The Morgan fingerprint density at radius 3 is 2.76 bits per heavy atom. The largest absolute Gasteiger partial charge is 0.454 e. The van der Waals surface area contributed by atoms with Crippen molar-refractivity contribution in [1.29, 1.82) is 0 Å². The summed E-state index contributed by atoms with van der Waals surface area (Å²) in [4.78, 5) is 0. The van der Waals surface area contributed by atoms with Crippen LogP contribution in [0.4, 0.5) is 4.39 Å². The molecule has 0 aliphatic rings. The molecule has 0 unspecified atom stereocenters. The van der Waals surface area contributed by atoms with Crippen molar-refractivity contribution in [2.24, 2.45) is 0 Å². The van der Waals surface area contributed by atoms with Gasteiger partial charge in [-0.1, -0.05) is 30.7 Å². The van der Waals surface area contributed by atoms with Gasteiger partial charge in [0.05, 0.1) is 0 Å². The zero-order valence-corrected chi connectivity index (χ0v) is 13.0. The van der Waals surface area contributed by atoms with E-state index in [1.54, 1.807) is 24.3 Å². The highest BCUT2D eigenvalue weighted by atomic mass is 35.5. The van der Waals surface area contributed by atoms with E-state index in [2.05, 4.69) is 12.2 Å². The third kappa shape index (κ3) is 4.19. The Balaban J connectivity index is 2.25. The normalized spacial score (nSPS) is 10.7. The van der Waals surface area contributed by atoms with E-state index < -0.39 is 0 Å². The molecule has 0 fully saturated rings. The molecule has 0 aromatic heterocycles. The second-order valence-corrected chi connectivity index (χ2v) is 5.35. The summed E-state index contributed by atoms with van der Waals surface area (Å²) in [7, 11) is 0. The summed E-state index contributed by atoms with van der Waals surface area (Å²) in [6.07, 6.45) is 1.03. The molecule has 0 amide bonds. The summed E-state index contributed by atoms with van der Waals surface area (Å²) < 4.78 is 19.9. The topological polar surface area (TPSA) is 21.3 Å². The molecule has 0 heterocycles. The number of hydrogen-bond donors (Lipinski definition) is 1. The molecule has 2 rings (SSSR count). The van der Waals surface area contributed by atoms with Crippen LogP contribution >= 0.6 is 11.6 Å². The quantitative estimate of drug-likeness (QED) is 0.751. The van der Waals surface area contributed by atoms with Crippen molar-refractivity contribution in [3.63, 3.8) is 0 Å². The van der Waals surface area contributed by atoms with Crippen LogP contribution in [0.1, 0.15) is 24.5 Å². The minimum absolute atomic E-state index is 0.270. The van der Waals surface area contributed by atoms with Gasteiger partial charge in [-0.25, -0.2) is 4.39 Å². The molecule has 1 N–H and O–H groups in total. The van der Waals surface area contributed by atoms with Crippen molar-refractivity contribution >= 4 is 11.6 Å². The van der Waals surface area contributed by atoms with Crippen LogP contribution in [0.3, 0.4) is 0 Å². The Kier molecular flexibility index (Phi) is 5.59. The number of ether oxygens (including phenoxy) is 1. The second-order valence-electron chi connectivity index (χ2n) is 4.92. The molecule has 0 radical (unpaired) electrons. The van der Waals surface area contributed by atoms with Crippen LogP contribution in [0.5, 0.6) is 11.5 Å². The van der Waals surface area contributed by atoms with Gasteiger partial charge in [-0.15, -0.1) is 0 Å². The second kappa shape index (κ2) is 7.43. The summed E-state index contributed by atoms with van der Waals surface area (Å²) in [6, 6.07) is 10.3. The maximum Gasteiger partial charge on any atom is 0.167 e. The lowest BCUT2D eigenvalue weighted by Gasteiger charge is -2.14. The maximum atomic E-state index is 14.1. The lowest BCUT2D eigenvalue weighted by Crippen LogP contribution is -2.14. The average molecular weight is 308 g/mol. The van der Waals surface area contributed by atoms with Crippen LogP contribution < -0.4 is 10.1 Å².